The Balaban J connectivity index is 1.70. The second-order valence-electron chi connectivity index (χ2n) is 9.35. The van der Waals surface area contributed by atoms with Crippen LogP contribution in [-0.2, 0) is 9.53 Å². The summed E-state index contributed by atoms with van der Waals surface area (Å²) in [7, 11) is 1.54. The van der Waals surface area contributed by atoms with Gasteiger partial charge < -0.3 is 14.5 Å². The topological polar surface area (TPSA) is 159 Å². The molecule has 12 nitrogen and oxygen atoms in total. The Hall–Kier alpha value is -4.82. The average Bonchev–Trinajstić information content (AvgIpc) is 3.26. The zero-order chi connectivity index (χ0) is 30.8. The summed E-state index contributed by atoms with van der Waals surface area (Å²) in [6, 6.07) is 11.8. The quantitative estimate of drug-likeness (QED) is 0.135. The number of aromatic amines is 1. The lowest BCUT2D eigenvalue weighted by Gasteiger charge is -2.24. The normalized spacial score (nSPS) is 14.7. The predicted molar refractivity (Wildman–Crippen MR) is 160 cm³/mol. The first-order valence-corrected chi connectivity index (χ1v) is 14.6. The van der Waals surface area contributed by atoms with Crippen molar-refractivity contribution in [2.75, 3.05) is 13.7 Å². The molecule has 1 N–H and O–H groups in total. The summed E-state index contributed by atoms with van der Waals surface area (Å²) in [6.07, 6.45) is 1.54. The number of aromatic nitrogens is 3. The number of hydrogen-bond acceptors (Lipinski definition) is 11. The van der Waals surface area contributed by atoms with E-state index in [0.29, 0.717) is 43.1 Å². The van der Waals surface area contributed by atoms with Gasteiger partial charge in [0.1, 0.15) is 5.75 Å². The van der Waals surface area contributed by atoms with E-state index in [1.807, 2.05) is 0 Å². The molecule has 0 unspecified atom stereocenters. The number of methoxy groups -OCH3 is 1. The van der Waals surface area contributed by atoms with Crippen molar-refractivity contribution in [3.05, 3.63) is 117 Å². The number of esters is 1. The fourth-order valence-electron chi connectivity index (χ4n) is 4.59. The van der Waals surface area contributed by atoms with E-state index in [-0.39, 0.29) is 28.0 Å². The summed E-state index contributed by atoms with van der Waals surface area (Å²) >= 11 is 2.20. The minimum atomic E-state index is -0.830. The van der Waals surface area contributed by atoms with E-state index >= 15 is 0 Å². The molecule has 2 aromatic carbocycles. The van der Waals surface area contributed by atoms with E-state index in [1.165, 1.54) is 28.8 Å². The van der Waals surface area contributed by atoms with Crippen LogP contribution < -0.4 is 25.2 Å². The van der Waals surface area contributed by atoms with Gasteiger partial charge in [0.05, 0.1) is 40.5 Å². The van der Waals surface area contributed by atoms with Gasteiger partial charge in [0.25, 0.3) is 16.8 Å². The smallest absolute Gasteiger partial charge is 0.338 e. The van der Waals surface area contributed by atoms with Crippen LogP contribution in [0.5, 0.6) is 5.75 Å². The van der Waals surface area contributed by atoms with Gasteiger partial charge in [-0.25, -0.2) is 14.8 Å². The Labute approximate surface area is 252 Å². The Kier molecular flexibility index (Phi) is 8.41. The highest BCUT2D eigenvalue weighted by Gasteiger charge is 2.33. The van der Waals surface area contributed by atoms with E-state index in [2.05, 4.69) is 15.0 Å². The van der Waals surface area contributed by atoms with Crippen LogP contribution in [0.3, 0.4) is 0 Å². The average molecular weight is 620 g/mol. The van der Waals surface area contributed by atoms with Gasteiger partial charge >= 0.3 is 5.97 Å². The maximum atomic E-state index is 14.0. The van der Waals surface area contributed by atoms with Crippen molar-refractivity contribution in [3.63, 3.8) is 0 Å². The van der Waals surface area contributed by atoms with E-state index in [0.717, 1.165) is 23.1 Å². The van der Waals surface area contributed by atoms with Gasteiger partial charge in [-0.3, -0.25) is 24.3 Å². The Morgan fingerprint density at radius 1 is 1.19 bits per heavy atom. The van der Waals surface area contributed by atoms with Crippen molar-refractivity contribution >= 4 is 40.8 Å². The first-order valence-electron chi connectivity index (χ1n) is 13.0. The lowest BCUT2D eigenvalue weighted by molar-refractivity contribution is -0.384. The number of allylic oxidation sites excluding steroid dienone is 1. The first kappa shape index (κ1) is 29.7. The predicted octanol–water partition coefficient (Wildman–Crippen LogP) is 3.26. The van der Waals surface area contributed by atoms with Crippen molar-refractivity contribution in [1.29, 1.82) is 0 Å². The third kappa shape index (κ3) is 6.05. The summed E-state index contributed by atoms with van der Waals surface area (Å²) in [5.41, 5.74) is 1.21. The van der Waals surface area contributed by atoms with Crippen molar-refractivity contribution in [1.82, 2.24) is 14.5 Å². The Bertz CT molecular complexity index is 2030. The number of nitrogens with zero attached hydrogens (tertiary/aromatic N) is 4. The number of carbonyl (C=O) groups excluding carboxylic acids is 1. The zero-order valence-electron chi connectivity index (χ0n) is 23.4. The molecule has 0 radical (unpaired) electrons. The molecule has 220 valence electrons. The third-order valence-corrected chi connectivity index (χ3v) is 8.46. The van der Waals surface area contributed by atoms with Gasteiger partial charge in [0.2, 0.25) is 0 Å². The number of thiazole rings is 1. The van der Waals surface area contributed by atoms with Crippen LogP contribution in [0.4, 0.5) is 5.69 Å². The lowest BCUT2D eigenvalue weighted by Crippen LogP contribution is -2.39. The Morgan fingerprint density at radius 3 is 2.58 bits per heavy atom. The third-order valence-electron chi connectivity index (χ3n) is 6.49. The highest BCUT2D eigenvalue weighted by Crippen LogP contribution is 2.33. The molecular formula is C29H25N5O7S2. The number of ether oxygens (including phenoxy) is 2. The molecule has 0 bridgehead atoms. The van der Waals surface area contributed by atoms with Crippen molar-refractivity contribution in [2.45, 2.75) is 36.9 Å². The highest BCUT2D eigenvalue weighted by atomic mass is 32.2. The summed E-state index contributed by atoms with van der Waals surface area (Å²) in [5, 5.41) is 11.9. The van der Waals surface area contributed by atoms with Crippen molar-refractivity contribution < 1.29 is 19.2 Å². The molecule has 0 aliphatic carbocycles. The van der Waals surface area contributed by atoms with Crippen LogP contribution in [-0.4, -0.2) is 39.1 Å². The number of H-pyrrole nitrogens is 1. The zero-order valence-corrected chi connectivity index (χ0v) is 25.1. The Morgan fingerprint density at radius 2 is 1.93 bits per heavy atom. The number of nitro benzene ring substituents is 1. The SMILES string of the molecule is CCOC(=O)C1=C(C)N=c2s/c(=C/c3cc([N+](=O)[O-])ccc3Sc3nc(C)cc(=O)[nH]3)c(=O)n2[C@@H]1c1ccc(OC)cc1. The fraction of sp³-hybridized carbons (Fsp3) is 0.207. The molecule has 5 rings (SSSR count). The summed E-state index contributed by atoms with van der Waals surface area (Å²) < 4.78 is 12.3. The molecule has 0 amide bonds. The van der Waals surface area contributed by atoms with Gasteiger partial charge in [-0.05, 0) is 56.2 Å². The minimum absolute atomic E-state index is 0.143. The molecule has 2 aromatic heterocycles. The number of nitrogens with one attached hydrogen (secondary N) is 1. The van der Waals surface area contributed by atoms with Gasteiger partial charge in [-0.15, -0.1) is 0 Å². The molecule has 0 saturated carbocycles. The van der Waals surface area contributed by atoms with Gasteiger partial charge in [0, 0.05) is 28.8 Å². The van der Waals surface area contributed by atoms with E-state index < -0.39 is 22.5 Å². The summed E-state index contributed by atoms with van der Waals surface area (Å²) in [6.45, 7) is 5.21. The largest absolute Gasteiger partial charge is 0.497 e. The number of rotatable bonds is 8. The second kappa shape index (κ2) is 12.2. The molecule has 1 aliphatic heterocycles. The minimum Gasteiger partial charge on any atom is -0.497 e. The molecular weight excluding hydrogens is 594 g/mol. The number of non-ortho nitro benzene ring substituents is 1. The number of aryl methyl sites for hydroxylation is 1. The molecule has 43 heavy (non-hydrogen) atoms. The number of hydrogen-bond donors (Lipinski definition) is 1. The molecule has 4 aromatic rings. The van der Waals surface area contributed by atoms with Gasteiger partial charge in [0.15, 0.2) is 9.96 Å². The second-order valence-corrected chi connectivity index (χ2v) is 11.4. The maximum Gasteiger partial charge on any atom is 0.338 e. The monoisotopic (exact) mass is 619 g/mol. The fourth-order valence-corrected chi connectivity index (χ4v) is 6.55. The van der Waals surface area contributed by atoms with Crippen molar-refractivity contribution in [2.24, 2.45) is 4.99 Å². The van der Waals surface area contributed by atoms with E-state index in [4.69, 9.17) is 9.47 Å². The van der Waals surface area contributed by atoms with Gasteiger partial charge in [-0.1, -0.05) is 35.2 Å². The number of nitro groups is 1. The van der Waals surface area contributed by atoms with Gasteiger partial charge in [-0.2, -0.15) is 0 Å². The van der Waals surface area contributed by atoms with Crippen LogP contribution >= 0.6 is 23.1 Å². The van der Waals surface area contributed by atoms with E-state index in [9.17, 15) is 24.5 Å². The van der Waals surface area contributed by atoms with Crippen molar-refractivity contribution in [3.8, 4) is 5.75 Å². The molecule has 14 heteroatoms. The van der Waals surface area contributed by atoms with Crippen LogP contribution in [0.25, 0.3) is 6.08 Å². The molecule has 0 fully saturated rings. The number of fused-ring (bicyclic) bond motifs is 1. The summed E-state index contributed by atoms with van der Waals surface area (Å²) in [5.74, 6) is 0.0190. The van der Waals surface area contributed by atoms with Crippen LogP contribution in [0.15, 0.2) is 84.4 Å². The van der Waals surface area contributed by atoms with E-state index in [1.54, 1.807) is 58.2 Å². The first-order chi connectivity index (χ1) is 20.6. The van der Waals surface area contributed by atoms with Crippen LogP contribution in [0.1, 0.15) is 36.7 Å². The number of benzene rings is 2. The number of carbonyl (C=O) groups is 1. The van der Waals surface area contributed by atoms with Crippen LogP contribution in [0.2, 0.25) is 0 Å². The molecule has 0 spiro atoms. The maximum absolute atomic E-state index is 14.0. The lowest BCUT2D eigenvalue weighted by atomic mass is 9.96. The standard InChI is InChI=1S/C29H25N5O7S2/c1-5-41-27(37)24-16(3)31-29-33(25(24)17-6-9-20(40-4)10-7-17)26(36)22(43-29)14-18-13-19(34(38)39)8-11-21(18)42-28-30-15(2)12-23(35)32-28/h6-14,25H,5H2,1-4H3,(H,30,32,35)/b22-14+/t25-/m1/s1. The molecule has 1 atom stereocenters. The summed E-state index contributed by atoms with van der Waals surface area (Å²) in [4.78, 5) is 62.7. The van der Waals surface area contributed by atoms with Crippen LogP contribution in [0, 0.1) is 17.0 Å². The highest BCUT2D eigenvalue weighted by molar-refractivity contribution is 7.99. The molecule has 1 aliphatic rings. The molecule has 0 saturated heterocycles. The molecule has 3 heterocycles.